The summed E-state index contributed by atoms with van der Waals surface area (Å²) in [4.78, 5) is 27.7. The number of hydrogen-bond acceptors (Lipinski definition) is 3. The van der Waals surface area contributed by atoms with Crippen LogP contribution in [0.25, 0.3) is 0 Å². The summed E-state index contributed by atoms with van der Waals surface area (Å²) in [6.45, 7) is 6.06. The average molecular weight is 340 g/mol. The lowest BCUT2D eigenvalue weighted by molar-refractivity contribution is -0.115. The minimum Gasteiger partial charge on any atom is -0.332 e. The van der Waals surface area contributed by atoms with Crippen LogP contribution in [0.3, 0.4) is 0 Å². The monoisotopic (exact) mass is 340 g/mol. The molecule has 0 aliphatic rings. The Hall–Kier alpha value is -2.89. The molecule has 0 radical (unpaired) electrons. The average Bonchev–Trinajstić information content (AvgIpc) is 2.61. The van der Waals surface area contributed by atoms with Crippen LogP contribution in [0.4, 0.5) is 10.5 Å². The standard InChI is InChI=1S/C19H24N4O2/c1-4-18(24)23-16-9-7-15(8-10-16)14(3)22-19(25)21-12-17-13(2)6-5-11-20-17/h5-11,14H,4,12H2,1-3H3,(H,23,24)(H2,21,22,25). The minimum atomic E-state index is -0.249. The van der Waals surface area contributed by atoms with E-state index in [4.69, 9.17) is 0 Å². The van der Waals surface area contributed by atoms with Gasteiger partial charge in [0.1, 0.15) is 0 Å². The number of amides is 3. The van der Waals surface area contributed by atoms with Gasteiger partial charge in [-0.3, -0.25) is 9.78 Å². The van der Waals surface area contributed by atoms with Gasteiger partial charge in [-0.25, -0.2) is 4.79 Å². The summed E-state index contributed by atoms with van der Waals surface area (Å²) in [5, 5.41) is 8.50. The van der Waals surface area contributed by atoms with Crippen LogP contribution in [-0.4, -0.2) is 16.9 Å². The van der Waals surface area contributed by atoms with Crippen LogP contribution in [0.2, 0.25) is 0 Å². The fraction of sp³-hybridized carbons (Fsp3) is 0.316. The van der Waals surface area contributed by atoms with E-state index in [-0.39, 0.29) is 18.0 Å². The molecule has 132 valence electrons. The van der Waals surface area contributed by atoms with E-state index in [9.17, 15) is 9.59 Å². The van der Waals surface area contributed by atoms with Crippen molar-refractivity contribution in [3.05, 3.63) is 59.4 Å². The summed E-state index contributed by atoms with van der Waals surface area (Å²) in [5.41, 5.74) is 3.60. The Balaban J connectivity index is 1.86. The molecule has 3 amide bonds. The van der Waals surface area contributed by atoms with E-state index in [1.54, 1.807) is 13.1 Å². The van der Waals surface area contributed by atoms with E-state index >= 15 is 0 Å². The molecule has 1 aromatic carbocycles. The molecule has 2 rings (SSSR count). The third kappa shape index (κ3) is 5.60. The molecule has 0 spiro atoms. The predicted octanol–water partition coefficient (Wildman–Crippen LogP) is 3.30. The highest BCUT2D eigenvalue weighted by molar-refractivity contribution is 5.90. The summed E-state index contributed by atoms with van der Waals surface area (Å²) in [5.74, 6) is -0.0249. The van der Waals surface area contributed by atoms with Crippen molar-refractivity contribution in [3.8, 4) is 0 Å². The topological polar surface area (TPSA) is 83.1 Å². The number of rotatable bonds is 6. The number of urea groups is 1. The van der Waals surface area contributed by atoms with Crippen molar-refractivity contribution in [2.75, 3.05) is 5.32 Å². The zero-order chi connectivity index (χ0) is 18.2. The number of nitrogens with zero attached hydrogens (tertiary/aromatic N) is 1. The molecule has 25 heavy (non-hydrogen) atoms. The Kier molecular flexibility index (Phi) is 6.51. The normalized spacial score (nSPS) is 11.5. The van der Waals surface area contributed by atoms with Crippen LogP contribution >= 0.6 is 0 Å². The molecule has 0 saturated heterocycles. The largest absolute Gasteiger partial charge is 0.332 e. The number of carbonyl (C=O) groups excluding carboxylic acids is 2. The van der Waals surface area contributed by atoms with E-state index < -0.39 is 0 Å². The van der Waals surface area contributed by atoms with E-state index in [0.29, 0.717) is 13.0 Å². The number of carbonyl (C=O) groups is 2. The van der Waals surface area contributed by atoms with Gasteiger partial charge in [-0.2, -0.15) is 0 Å². The lowest BCUT2D eigenvalue weighted by atomic mass is 10.1. The zero-order valence-corrected chi connectivity index (χ0v) is 14.8. The molecule has 0 aliphatic carbocycles. The van der Waals surface area contributed by atoms with Crippen molar-refractivity contribution in [1.82, 2.24) is 15.6 Å². The lowest BCUT2D eigenvalue weighted by Crippen LogP contribution is -2.36. The predicted molar refractivity (Wildman–Crippen MR) is 98.1 cm³/mol. The molecular weight excluding hydrogens is 316 g/mol. The van der Waals surface area contributed by atoms with Gasteiger partial charge in [0.2, 0.25) is 5.91 Å². The van der Waals surface area contributed by atoms with Crippen molar-refractivity contribution in [3.63, 3.8) is 0 Å². The molecule has 1 atom stereocenters. The zero-order valence-electron chi connectivity index (χ0n) is 14.8. The Bertz CT molecular complexity index is 728. The summed E-state index contributed by atoms with van der Waals surface area (Å²) >= 11 is 0. The highest BCUT2D eigenvalue weighted by atomic mass is 16.2. The molecule has 3 N–H and O–H groups in total. The van der Waals surface area contributed by atoms with Gasteiger partial charge in [0.15, 0.2) is 0 Å². The Morgan fingerprint density at radius 2 is 1.88 bits per heavy atom. The molecule has 0 saturated carbocycles. The van der Waals surface area contributed by atoms with Gasteiger partial charge in [0.25, 0.3) is 0 Å². The fourth-order valence-corrected chi connectivity index (χ4v) is 2.30. The van der Waals surface area contributed by atoms with E-state index in [1.807, 2.05) is 50.2 Å². The molecule has 0 aliphatic heterocycles. The van der Waals surface area contributed by atoms with Crippen LogP contribution in [0, 0.1) is 6.92 Å². The Morgan fingerprint density at radius 3 is 2.52 bits per heavy atom. The first-order valence-electron chi connectivity index (χ1n) is 8.34. The number of hydrogen-bond donors (Lipinski definition) is 3. The SMILES string of the molecule is CCC(=O)Nc1ccc(C(C)NC(=O)NCc2ncccc2C)cc1. The summed E-state index contributed by atoms with van der Waals surface area (Å²) in [6.07, 6.45) is 2.15. The summed E-state index contributed by atoms with van der Waals surface area (Å²) in [7, 11) is 0. The van der Waals surface area contributed by atoms with Crippen LogP contribution < -0.4 is 16.0 Å². The second-order valence-corrected chi connectivity index (χ2v) is 5.84. The lowest BCUT2D eigenvalue weighted by Gasteiger charge is -2.16. The van der Waals surface area contributed by atoms with E-state index in [0.717, 1.165) is 22.5 Å². The highest BCUT2D eigenvalue weighted by Gasteiger charge is 2.10. The number of pyridine rings is 1. The molecule has 0 bridgehead atoms. The molecule has 0 fully saturated rings. The molecule has 1 unspecified atom stereocenters. The number of nitrogens with one attached hydrogen (secondary N) is 3. The first-order valence-corrected chi connectivity index (χ1v) is 8.34. The number of aryl methyl sites for hydroxylation is 1. The van der Waals surface area contributed by atoms with Crippen molar-refractivity contribution >= 4 is 17.6 Å². The first-order chi connectivity index (χ1) is 12.0. The van der Waals surface area contributed by atoms with Crippen LogP contribution in [0.5, 0.6) is 0 Å². The summed E-state index contributed by atoms with van der Waals surface area (Å²) < 4.78 is 0. The molecule has 6 heteroatoms. The van der Waals surface area contributed by atoms with Crippen molar-refractivity contribution in [2.24, 2.45) is 0 Å². The van der Waals surface area contributed by atoms with Crippen molar-refractivity contribution in [2.45, 2.75) is 39.8 Å². The highest BCUT2D eigenvalue weighted by Crippen LogP contribution is 2.16. The third-order valence-corrected chi connectivity index (χ3v) is 3.90. The second kappa shape index (κ2) is 8.82. The maximum atomic E-state index is 12.1. The van der Waals surface area contributed by atoms with Crippen molar-refractivity contribution < 1.29 is 9.59 Å². The fourth-order valence-electron chi connectivity index (χ4n) is 2.30. The third-order valence-electron chi connectivity index (χ3n) is 3.90. The van der Waals surface area contributed by atoms with E-state index in [1.165, 1.54) is 0 Å². The number of benzene rings is 1. The number of anilines is 1. The van der Waals surface area contributed by atoms with Crippen LogP contribution in [-0.2, 0) is 11.3 Å². The smallest absolute Gasteiger partial charge is 0.315 e. The molecule has 1 heterocycles. The summed E-state index contributed by atoms with van der Waals surface area (Å²) in [6, 6.07) is 10.9. The first kappa shape index (κ1) is 18.4. The molecule has 2 aromatic rings. The van der Waals surface area contributed by atoms with Gasteiger partial charge >= 0.3 is 6.03 Å². The second-order valence-electron chi connectivity index (χ2n) is 5.84. The van der Waals surface area contributed by atoms with Gasteiger partial charge in [-0.1, -0.05) is 25.1 Å². The Morgan fingerprint density at radius 1 is 1.16 bits per heavy atom. The Labute approximate surface area is 148 Å². The maximum absolute atomic E-state index is 12.1. The minimum absolute atomic E-state index is 0.0249. The van der Waals surface area contributed by atoms with Gasteiger partial charge < -0.3 is 16.0 Å². The van der Waals surface area contributed by atoms with Gasteiger partial charge in [-0.05, 0) is 43.2 Å². The molecular formula is C19H24N4O2. The van der Waals surface area contributed by atoms with Crippen LogP contribution in [0.15, 0.2) is 42.6 Å². The van der Waals surface area contributed by atoms with Crippen molar-refractivity contribution in [1.29, 1.82) is 0 Å². The van der Waals surface area contributed by atoms with Gasteiger partial charge in [0, 0.05) is 18.3 Å². The van der Waals surface area contributed by atoms with Gasteiger partial charge in [0.05, 0.1) is 18.3 Å². The van der Waals surface area contributed by atoms with Crippen LogP contribution in [0.1, 0.15) is 43.1 Å². The molecule has 6 nitrogen and oxygen atoms in total. The van der Waals surface area contributed by atoms with E-state index in [2.05, 4.69) is 20.9 Å². The van der Waals surface area contributed by atoms with Gasteiger partial charge in [-0.15, -0.1) is 0 Å². The quantitative estimate of drug-likeness (QED) is 0.754. The maximum Gasteiger partial charge on any atom is 0.315 e. The number of aromatic nitrogens is 1. The molecule has 1 aromatic heterocycles.